The topological polar surface area (TPSA) is 73.3 Å². The third-order valence-electron chi connectivity index (χ3n) is 3.44. The zero-order valence-corrected chi connectivity index (χ0v) is 16.4. The summed E-state index contributed by atoms with van der Waals surface area (Å²) in [5.74, 6) is 2.30. The van der Waals surface area contributed by atoms with E-state index >= 15 is 0 Å². The first-order chi connectivity index (χ1) is 12.2. The second-order valence-corrected chi connectivity index (χ2v) is 6.25. The summed E-state index contributed by atoms with van der Waals surface area (Å²) >= 11 is 3.51. The summed E-state index contributed by atoms with van der Waals surface area (Å²) in [5.41, 5.74) is 1.05. The molecule has 2 rings (SSSR count). The fraction of sp³-hybridized carbons (Fsp3) is 0.588. The fourth-order valence-corrected chi connectivity index (χ4v) is 2.85. The van der Waals surface area contributed by atoms with Crippen LogP contribution in [0.15, 0.2) is 21.6 Å². The lowest BCUT2D eigenvalue weighted by molar-refractivity contribution is 0.0698. The Balaban J connectivity index is 1.80. The second-order valence-electron chi connectivity index (χ2n) is 5.39. The normalized spacial score (nSPS) is 13.2. The summed E-state index contributed by atoms with van der Waals surface area (Å²) in [4.78, 5) is 4.61. The average molecular weight is 416 g/mol. The van der Waals surface area contributed by atoms with Crippen molar-refractivity contribution in [1.82, 2.24) is 10.6 Å². The van der Waals surface area contributed by atoms with Crippen molar-refractivity contribution in [3.63, 3.8) is 0 Å². The second kappa shape index (κ2) is 11.2. The number of aliphatic imine (C=N–C) groups is 1. The van der Waals surface area contributed by atoms with E-state index in [-0.39, 0.29) is 6.79 Å². The van der Waals surface area contributed by atoms with Crippen LogP contribution in [0.25, 0.3) is 0 Å². The molecule has 140 valence electrons. The van der Waals surface area contributed by atoms with Crippen LogP contribution >= 0.6 is 15.9 Å². The Labute approximate surface area is 157 Å². The highest BCUT2D eigenvalue weighted by Gasteiger charge is 2.17. The third-order valence-corrected chi connectivity index (χ3v) is 4.03. The first-order valence-electron chi connectivity index (χ1n) is 8.41. The van der Waals surface area contributed by atoms with Crippen LogP contribution in [-0.2, 0) is 16.0 Å². The van der Waals surface area contributed by atoms with E-state index in [1.165, 1.54) is 0 Å². The Morgan fingerprint density at radius 1 is 1.24 bits per heavy atom. The number of rotatable bonds is 10. The molecule has 0 bridgehead atoms. The first kappa shape index (κ1) is 19.8. The Morgan fingerprint density at radius 2 is 2.12 bits per heavy atom. The van der Waals surface area contributed by atoms with Crippen molar-refractivity contribution in [2.45, 2.75) is 19.9 Å². The van der Waals surface area contributed by atoms with Crippen LogP contribution in [0, 0.1) is 0 Å². The number of ether oxygens (including phenoxy) is 4. The smallest absolute Gasteiger partial charge is 0.231 e. The van der Waals surface area contributed by atoms with Crippen molar-refractivity contribution in [1.29, 1.82) is 0 Å². The van der Waals surface area contributed by atoms with E-state index in [1.807, 2.05) is 19.1 Å². The van der Waals surface area contributed by atoms with Gasteiger partial charge in [-0.1, -0.05) is 0 Å². The molecule has 1 aromatic carbocycles. The first-order valence-corrected chi connectivity index (χ1v) is 9.20. The minimum absolute atomic E-state index is 0.261. The lowest BCUT2D eigenvalue weighted by Gasteiger charge is -2.11. The maximum atomic E-state index is 5.44. The number of methoxy groups -OCH3 is 1. The summed E-state index contributed by atoms with van der Waals surface area (Å²) < 4.78 is 22.1. The molecule has 1 heterocycles. The van der Waals surface area contributed by atoms with Crippen LogP contribution < -0.4 is 20.1 Å². The molecule has 2 N–H and O–H groups in total. The number of nitrogens with one attached hydrogen (secondary N) is 2. The maximum absolute atomic E-state index is 5.44. The molecule has 0 aromatic heterocycles. The Morgan fingerprint density at radius 3 is 2.92 bits per heavy atom. The van der Waals surface area contributed by atoms with E-state index in [2.05, 4.69) is 31.6 Å². The van der Waals surface area contributed by atoms with Crippen molar-refractivity contribution in [2.24, 2.45) is 4.99 Å². The molecule has 0 atom stereocenters. The van der Waals surface area contributed by atoms with Crippen LogP contribution in [0.1, 0.15) is 18.9 Å². The van der Waals surface area contributed by atoms with E-state index in [4.69, 9.17) is 18.9 Å². The monoisotopic (exact) mass is 415 g/mol. The van der Waals surface area contributed by atoms with Crippen LogP contribution in [0.5, 0.6) is 11.5 Å². The average Bonchev–Trinajstić information content (AvgIpc) is 3.08. The summed E-state index contributed by atoms with van der Waals surface area (Å²) in [5, 5.41) is 6.55. The highest BCUT2D eigenvalue weighted by atomic mass is 79.9. The van der Waals surface area contributed by atoms with E-state index in [1.54, 1.807) is 7.11 Å². The largest absolute Gasteiger partial charge is 0.454 e. The highest BCUT2D eigenvalue weighted by Crippen LogP contribution is 2.40. The molecule has 0 fully saturated rings. The summed E-state index contributed by atoms with van der Waals surface area (Å²) in [7, 11) is 1.67. The Hall–Kier alpha value is -1.51. The molecule has 0 spiro atoms. The molecule has 1 aliphatic rings. The number of halogens is 1. The number of hydrogen-bond acceptors (Lipinski definition) is 5. The van der Waals surface area contributed by atoms with Crippen molar-refractivity contribution in [2.75, 3.05) is 46.8 Å². The van der Waals surface area contributed by atoms with Gasteiger partial charge in [0.15, 0.2) is 17.5 Å². The molecular weight excluding hydrogens is 390 g/mol. The molecule has 7 nitrogen and oxygen atoms in total. The van der Waals surface area contributed by atoms with Gasteiger partial charge >= 0.3 is 0 Å². The fourth-order valence-electron chi connectivity index (χ4n) is 2.25. The van der Waals surface area contributed by atoms with E-state index in [9.17, 15) is 0 Å². The third kappa shape index (κ3) is 6.72. The van der Waals surface area contributed by atoms with Gasteiger partial charge in [0.1, 0.15) is 0 Å². The van der Waals surface area contributed by atoms with Crippen molar-refractivity contribution in [3.8, 4) is 11.5 Å². The molecule has 1 aliphatic heterocycles. The number of nitrogens with zero attached hydrogens (tertiary/aromatic N) is 1. The van der Waals surface area contributed by atoms with Gasteiger partial charge in [-0.15, -0.1) is 0 Å². The van der Waals surface area contributed by atoms with Crippen molar-refractivity contribution in [3.05, 3.63) is 22.2 Å². The molecule has 0 saturated carbocycles. The number of hydrogen-bond donors (Lipinski definition) is 2. The van der Waals surface area contributed by atoms with Crippen LogP contribution in [0.4, 0.5) is 0 Å². The maximum Gasteiger partial charge on any atom is 0.231 e. The Kier molecular flexibility index (Phi) is 8.85. The quantitative estimate of drug-likeness (QED) is 0.347. The minimum Gasteiger partial charge on any atom is -0.454 e. The molecule has 0 radical (unpaired) electrons. The molecular formula is C17H26BrN3O4. The molecule has 0 amide bonds. The van der Waals surface area contributed by atoms with Crippen molar-refractivity contribution < 1.29 is 18.9 Å². The standard InChI is InChI=1S/C17H26BrN3O4/c1-3-19-17(20-5-4-6-23-8-7-22-2)21-11-13-9-14(18)16-15(10-13)24-12-25-16/h9-10H,3-8,11-12H2,1-2H3,(H2,19,20,21). The van der Waals surface area contributed by atoms with E-state index < -0.39 is 0 Å². The summed E-state index contributed by atoms with van der Waals surface area (Å²) in [6.07, 6.45) is 0.906. The van der Waals surface area contributed by atoms with E-state index in [0.29, 0.717) is 26.4 Å². The zero-order chi connectivity index (χ0) is 17.9. The SMILES string of the molecule is CCNC(=NCc1cc(Br)c2c(c1)OCO2)NCCCOCCOC. The van der Waals surface area contributed by atoms with Gasteiger partial charge < -0.3 is 29.6 Å². The molecule has 1 aromatic rings. The molecule has 0 unspecified atom stereocenters. The van der Waals surface area contributed by atoms with E-state index in [0.717, 1.165) is 47.0 Å². The molecule has 25 heavy (non-hydrogen) atoms. The van der Waals surface area contributed by atoms with Gasteiger partial charge in [-0.3, -0.25) is 0 Å². The van der Waals surface area contributed by atoms with Gasteiger partial charge in [-0.2, -0.15) is 0 Å². The van der Waals surface area contributed by atoms with Gasteiger partial charge in [0.25, 0.3) is 0 Å². The van der Waals surface area contributed by atoms with Crippen molar-refractivity contribution >= 4 is 21.9 Å². The van der Waals surface area contributed by atoms with Gasteiger partial charge in [0.2, 0.25) is 6.79 Å². The number of benzene rings is 1. The van der Waals surface area contributed by atoms with Gasteiger partial charge in [0.05, 0.1) is 24.2 Å². The van der Waals surface area contributed by atoms with Crippen LogP contribution in [0.2, 0.25) is 0 Å². The Bertz CT molecular complexity index is 569. The number of fused-ring (bicyclic) bond motifs is 1. The highest BCUT2D eigenvalue weighted by molar-refractivity contribution is 9.10. The van der Waals surface area contributed by atoms with Gasteiger partial charge in [-0.05, 0) is 47.0 Å². The summed E-state index contributed by atoms with van der Waals surface area (Å²) in [6.45, 7) is 6.41. The molecule has 8 heteroatoms. The van der Waals surface area contributed by atoms with Crippen LogP contribution in [-0.4, -0.2) is 52.8 Å². The van der Waals surface area contributed by atoms with Gasteiger partial charge in [-0.25, -0.2) is 4.99 Å². The molecule has 0 saturated heterocycles. The summed E-state index contributed by atoms with van der Waals surface area (Å²) in [6, 6.07) is 3.97. The lowest BCUT2D eigenvalue weighted by Crippen LogP contribution is -2.38. The minimum atomic E-state index is 0.261. The zero-order valence-electron chi connectivity index (χ0n) is 14.8. The number of guanidine groups is 1. The predicted octanol–water partition coefficient (Wildman–Crippen LogP) is 2.29. The lowest BCUT2D eigenvalue weighted by atomic mass is 10.2. The predicted molar refractivity (Wildman–Crippen MR) is 100 cm³/mol. The van der Waals surface area contributed by atoms with Crippen LogP contribution in [0.3, 0.4) is 0 Å². The van der Waals surface area contributed by atoms with Gasteiger partial charge in [0, 0.05) is 26.8 Å². The molecule has 0 aliphatic carbocycles.